The Hall–Kier alpha value is -4.88. The van der Waals surface area contributed by atoms with Gasteiger partial charge in [-0.25, -0.2) is 9.97 Å². The van der Waals surface area contributed by atoms with Gasteiger partial charge in [-0.05, 0) is 166 Å². The quantitative estimate of drug-likeness (QED) is 0.0557. The molecular weight excluding hydrogens is 841 g/mol. The summed E-state index contributed by atoms with van der Waals surface area (Å²) in [4.78, 5) is 39.7. The van der Waals surface area contributed by atoms with Crippen LogP contribution in [0.5, 0.6) is 0 Å². The first-order valence-corrected chi connectivity index (χ1v) is 25.7. The molecule has 0 spiro atoms. The van der Waals surface area contributed by atoms with Gasteiger partial charge in [0.2, 0.25) is 0 Å². The SMILES string of the molecule is O=C(O)C(c1ccc(C2CCc3ccc(CCCCO[C@H]4CCN([C@H](C(=O)O)c5ccccc5C5CC5)C4)nc3N2)cc1C1CC1)N1CC[C@@H](OCCCCCc2ccc3c(n2)NCCC3)C1. The van der Waals surface area contributed by atoms with E-state index in [2.05, 4.69) is 69.0 Å². The summed E-state index contributed by atoms with van der Waals surface area (Å²) in [6.45, 7) is 5.10. The van der Waals surface area contributed by atoms with Crippen molar-refractivity contribution in [3.05, 3.63) is 117 Å². The van der Waals surface area contributed by atoms with Gasteiger partial charge in [-0.2, -0.15) is 0 Å². The van der Waals surface area contributed by atoms with E-state index in [0.29, 0.717) is 38.1 Å². The molecule has 6 heterocycles. The minimum Gasteiger partial charge on any atom is -0.480 e. The number of hydrogen-bond donors (Lipinski definition) is 4. The Morgan fingerprint density at radius 2 is 1.24 bits per heavy atom. The molecule has 0 radical (unpaired) electrons. The molecule has 6 aliphatic rings. The molecular formula is C55H70N6O6. The van der Waals surface area contributed by atoms with E-state index < -0.39 is 24.0 Å². The zero-order chi connectivity index (χ0) is 45.7. The number of carboxylic acids is 2. The number of fused-ring (bicyclic) bond motifs is 2. The number of nitrogens with zero attached hydrogens (tertiary/aromatic N) is 4. The molecule has 356 valence electrons. The lowest BCUT2D eigenvalue weighted by atomic mass is 9.89. The molecule has 4 aromatic rings. The highest BCUT2D eigenvalue weighted by molar-refractivity contribution is 5.77. The van der Waals surface area contributed by atoms with Gasteiger partial charge < -0.3 is 30.3 Å². The lowest BCUT2D eigenvalue weighted by molar-refractivity contribution is -0.144. The highest BCUT2D eigenvalue weighted by Gasteiger charge is 2.40. The number of hydrogen-bond acceptors (Lipinski definition) is 10. The number of aromatic nitrogens is 2. The predicted octanol–water partition coefficient (Wildman–Crippen LogP) is 9.56. The van der Waals surface area contributed by atoms with Gasteiger partial charge in [-0.3, -0.25) is 19.4 Å². The number of likely N-dealkylation sites (tertiary alicyclic amines) is 2. The second kappa shape index (κ2) is 21.2. The van der Waals surface area contributed by atoms with Gasteiger partial charge in [0.05, 0.1) is 18.2 Å². The summed E-state index contributed by atoms with van der Waals surface area (Å²) in [5, 5.41) is 28.2. The Labute approximate surface area is 396 Å². The van der Waals surface area contributed by atoms with Crippen molar-refractivity contribution in [3.63, 3.8) is 0 Å². The van der Waals surface area contributed by atoms with Crippen LogP contribution < -0.4 is 10.6 Å². The third-order valence-corrected chi connectivity index (χ3v) is 15.3. The molecule has 12 nitrogen and oxygen atoms in total. The number of unbranched alkanes of at least 4 members (excludes halogenated alkanes) is 3. The maximum absolute atomic E-state index is 13.0. The van der Waals surface area contributed by atoms with Crippen LogP contribution in [-0.4, -0.2) is 100 Å². The van der Waals surface area contributed by atoms with E-state index in [1.165, 1.54) is 34.2 Å². The third-order valence-electron chi connectivity index (χ3n) is 15.3. The maximum atomic E-state index is 13.0. The normalized spacial score (nSPS) is 22.7. The summed E-state index contributed by atoms with van der Waals surface area (Å²) >= 11 is 0. The van der Waals surface area contributed by atoms with Gasteiger partial charge in [0.1, 0.15) is 23.7 Å². The molecule has 5 atom stereocenters. The van der Waals surface area contributed by atoms with Crippen LogP contribution in [-0.2, 0) is 44.7 Å². The number of pyridine rings is 2. The highest BCUT2D eigenvalue weighted by Crippen LogP contribution is 2.47. The van der Waals surface area contributed by atoms with E-state index >= 15 is 0 Å². The molecule has 2 saturated heterocycles. The summed E-state index contributed by atoms with van der Waals surface area (Å²) in [5.74, 6) is 1.38. The van der Waals surface area contributed by atoms with E-state index in [1.807, 2.05) is 18.2 Å². The second-order valence-corrected chi connectivity index (χ2v) is 20.3. The summed E-state index contributed by atoms with van der Waals surface area (Å²) in [6, 6.07) is 22.3. The first kappa shape index (κ1) is 45.9. The van der Waals surface area contributed by atoms with Crippen LogP contribution in [0.1, 0.15) is 164 Å². The van der Waals surface area contributed by atoms with Crippen LogP contribution in [0.2, 0.25) is 0 Å². The summed E-state index contributed by atoms with van der Waals surface area (Å²) < 4.78 is 12.7. The molecule has 2 saturated carbocycles. The van der Waals surface area contributed by atoms with E-state index in [4.69, 9.17) is 19.4 Å². The molecule has 4 N–H and O–H groups in total. The average molecular weight is 911 g/mol. The van der Waals surface area contributed by atoms with Crippen LogP contribution in [0, 0.1) is 0 Å². The van der Waals surface area contributed by atoms with Crippen molar-refractivity contribution in [1.82, 2.24) is 19.8 Å². The van der Waals surface area contributed by atoms with Crippen LogP contribution >= 0.6 is 0 Å². The van der Waals surface area contributed by atoms with Crippen LogP contribution in [0.4, 0.5) is 11.6 Å². The van der Waals surface area contributed by atoms with Crippen molar-refractivity contribution in [3.8, 4) is 0 Å². The molecule has 10 rings (SSSR count). The third kappa shape index (κ3) is 11.2. The van der Waals surface area contributed by atoms with Crippen molar-refractivity contribution >= 4 is 23.6 Å². The molecule has 2 unspecified atom stereocenters. The topological polar surface area (TPSA) is 149 Å². The van der Waals surface area contributed by atoms with Crippen molar-refractivity contribution in [2.75, 3.05) is 56.6 Å². The highest BCUT2D eigenvalue weighted by atomic mass is 16.5. The van der Waals surface area contributed by atoms with Gasteiger partial charge in [-0.15, -0.1) is 0 Å². The van der Waals surface area contributed by atoms with Crippen molar-refractivity contribution in [2.45, 2.75) is 151 Å². The first-order valence-electron chi connectivity index (χ1n) is 25.7. The number of nitrogens with one attached hydrogen (secondary N) is 2. The Morgan fingerprint density at radius 1 is 0.642 bits per heavy atom. The number of rotatable bonds is 22. The lowest BCUT2D eigenvalue weighted by Crippen LogP contribution is -2.34. The first-order chi connectivity index (χ1) is 32.8. The molecule has 4 aliphatic heterocycles. The van der Waals surface area contributed by atoms with Crippen LogP contribution in [0.15, 0.2) is 66.7 Å². The van der Waals surface area contributed by atoms with Crippen molar-refractivity contribution < 1.29 is 29.3 Å². The Balaban J connectivity index is 0.680. The molecule has 2 aromatic heterocycles. The summed E-state index contributed by atoms with van der Waals surface area (Å²) in [7, 11) is 0. The predicted molar refractivity (Wildman–Crippen MR) is 260 cm³/mol. The zero-order valence-corrected chi connectivity index (χ0v) is 39.2. The number of aryl methyl sites for hydroxylation is 4. The monoisotopic (exact) mass is 911 g/mol. The maximum Gasteiger partial charge on any atom is 0.325 e. The minimum atomic E-state index is -0.783. The smallest absolute Gasteiger partial charge is 0.325 e. The molecule has 2 aliphatic carbocycles. The fraction of sp³-hybridized carbons (Fsp3) is 0.564. The van der Waals surface area contributed by atoms with E-state index in [9.17, 15) is 19.8 Å². The van der Waals surface area contributed by atoms with E-state index in [1.54, 1.807) is 0 Å². The molecule has 4 fully saturated rings. The number of anilines is 2. The number of carboxylic acid groups (broad SMARTS) is 2. The van der Waals surface area contributed by atoms with Crippen molar-refractivity contribution in [2.24, 2.45) is 0 Å². The van der Waals surface area contributed by atoms with Gasteiger partial charge in [0, 0.05) is 57.3 Å². The van der Waals surface area contributed by atoms with Gasteiger partial charge in [0.15, 0.2) is 0 Å². The fourth-order valence-corrected chi connectivity index (χ4v) is 11.3. The molecule has 0 bridgehead atoms. The lowest BCUT2D eigenvalue weighted by Gasteiger charge is -2.30. The fourth-order valence-electron chi connectivity index (χ4n) is 11.3. The number of carbonyl (C=O) groups is 2. The zero-order valence-electron chi connectivity index (χ0n) is 39.2. The summed E-state index contributed by atoms with van der Waals surface area (Å²) in [5.41, 5.74) is 10.3. The van der Waals surface area contributed by atoms with Gasteiger partial charge in [0.25, 0.3) is 0 Å². The standard InChI is InChI=1S/C55H70N6O6/c62-54(63)50(46-13-4-3-12-45(46)36-14-15-36)60-29-26-44(34-60)67-32-7-5-11-42-23-19-39-21-25-49(59-53(39)58-42)40-20-24-47(48(33-40)37-16-17-37)51(55(64)65)61-30-27-43(35-61)66-31-6-1-2-10-41-22-18-38-9-8-28-56-52(38)57-41/h3-4,12-13,18-20,22-24,33,36-37,43-44,49-51H,1-2,5-11,14-17,21,25-32,34-35H2,(H,56,57)(H,58,59)(H,62,63)(H,64,65)/t43-,44+,49?,50+,51?/m1/s1. The molecule has 2 aromatic carbocycles. The Kier molecular flexibility index (Phi) is 14.5. The Morgan fingerprint density at radius 3 is 1.91 bits per heavy atom. The minimum absolute atomic E-state index is 0.0488. The van der Waals surface area contributed by atoms with Crippen LogP contribution in [0.25, 0.3) is 0 Å². The molecule has 67 heavy (non-hydrogen) atoms. The second-order valence-electron chi connectivity index (χ2n) is 20.3. The largest absolute Gasteiger partial charge is 0.480 e. The van der Waals surface area contributed by atoms with E-state index in [-0.39, 0.29) is 18.2 Å². The molecule has 12 heteroatoms. The average Bonchev–Trinajstić information content (AvgIpc) is 4.28. The number of benzene rings is 2. The number of aliphatic carboxylic acids is 2. The van der Waals surface area contributed by atoms with Crippen molar-refractivity contribution in [1.29, 1.82) is 0 Å². The molecule has 0 amide bonds. The van der Waals surface area contributed by atoms with Gasteiger partial charge >= 0.3 is 11.9 Å². The van der Waals surface area contributed by atoms with E-state index in [0.717, 1.165) is 157 Å². The Bertz CT molecular complexity index is 2370. The van der Waals surface area contributed by atoms with Crippen LogP contribution in [0.3, 0.4) is 0 Å². The number of ether oxygens (including phenoxy) is 2. The summed E-state index contributed by atoms with van der Waals surface area (Å²) in [6.07, 6.45) is 17.4. The van der Waals surface area contributed by atoms with Gasteiger partial charge in [-0.1, -0.05) is 61.0 Å².